The third-order valence-electron chi connectivity index (χ3n) is 15.2. The lowest BCUT2D eigenvalue weighted by Gasteiger charge is -2.34. The number of fused-ring (bicyclic) bond motifs is 2. The lowest BCUT2D eigenvalue weighted by Crippen LogP contribution is -2.64. The summed E-state index contributed by atoms with van der Waals surface area (Å²) in [7, 11) is 0. The summed E-state index contributed by atoms with van der Waals surface area (Å²) in [6.07, 6.45) is -14.8. The van der Waals surface area contributed by atoms with Gasteiger partial charge in [0.05, 0.1) is 31.0 Å². The number of aliphatic hydroxyl groups excluding tert-OH is 8. The van der Waals surface area contributed by atoms with Crippen molar-refractivity contribution in [2.45, 2.75) is 139 Å². The average Bonchev–Trinajstić information content (AvgIpc) is 2.04. The molecular weight excluding hydrogens is 1120 g/mol. The molecule has 0 unspecified atom stereocenters. The van der Waals surface area contributed by atoms with Crippen LogP contribution in [0.25, 0.3) is 11.1 Å². The van der Waals surface area contributed by atoms with Crippen molar-refractivity contribution in [2.24, 2.45) is 5.92 Å². The van der Waals surface area contributed by atoms with Gasteiger partial charge in [-0.3, -0.25) is 33.6 Å². The molecule has 3 saturated heterocycles. The Hall–Kier alpha value is -8.03. The smallest absolute Gasteiger partial charge is 0.251 e. The minimum absolute atomic E-state index is 0.00824. The quantitative estimate of drug-likeness (QED) is 0.0472. The number of rotatable bonds is 15. The molecule has 4 aromatic rings. The van der Waals surface area contributed by atoms with Crippen molar-refractivity contribution in [1.82, 2.24) is 36.4 Å². The first-order chi connectivity index (χ1) is 40.9. The predicted octanol–water partition coefficient (Wildman–Crippen LogP) is -1.57. The molecule has 3 aliphatic rings. The number of carbonyl (C=O) groups is 7. The number of hydrogen-bond acceptors (Lipinski definition) is 18. The number of aromatic hydroxyl groups is 1. The predicted molar refractivity (Wildman–Crippen MR) is 307 cm³/mol. The highest BCUT2D eigenvalue weighted by molar-refractivity contribution is 6.00. The zero-order valence-electron chi connectivity index (χ0n) is 47.9. The number of hydrogen-bond donors (Lipinski definition) is 14. The number of ether oxygens (including phenoxy) is 2. The van der Waals surface area contributed by atoms with E-state index >= 15 is 0 Å². The molecule has 0 saturated carbocycles. The highest BCUT2D eigenvalue weighted by atomic mass is 16.5. The summed E-state index contributed by atoms with van der Waals surface area (Å²) in [5.41, 5.74) is 2.85. The van der Waals surface area contributed by atoms with E-state index in [1.807, 2.05) is 48.5 Å². The summed E-state index contributed by atoms with van der Waals surface area (Å²) in [5.74, 6) is -2.56. The van der Waals surface area contributed by atoms with E-state index in [1.54, 1.807) is 12.1 Å². The Bertz CT molecular complexity index is 3070. The number of phenols is 1. The van der Waals surface area contributed by atoms with Crippen LogP contribution in [0, 0.1) is 17.8 Å². The standard InChI is InChI=1S/C61H75N7O18/c1-5-6-25-85-26-27-86-43-23-11-36(12-24-43)8-7-35-9-13-37(14-10-35)38-15-17-40(18-16-38)54(77)62-44-29-46(73)57(80)66-59(82)50-51(74)32(2)30-68(50)61(84)48(34(4)70)64-58(81)49(53(76)52(75)39-19-21-41(71)22-20-39)65-56(79)45-28-42(72)31-67(45)60(83)47(33(3)69)63-55(44)78/h9-24,32-34,42,44-53,57,69-76,80H,5-6,25-31H2,1-4H3,(H,62,77)(H,63,78)(H,64,81)(H,65,79)(H,66,82)/t32-,33+,34+,42+,44-,45-,46+,47-,48-,49-,50-,51-,52-,53-,57-/m0/s1. The molecule has 15 atom stereocenters. The van der Waals surface area contributed by atoms with Gasteiger partial charge in [0.15, 0.2) is 6.23 Å². The van der Waals surface area contributed by atoms with Crippen LogP contribution in [0.4, 0.5) is 0 Å². The Balaban J connectivity index is 1.14. The van der Waals surface area contributed by atoms with Crippen LogP contribution in [-0.4, -0.2) is 209 Å². The molecule has 7 rings (SSSR count). The molecular formula is C61H75N7O18. The number of carbonyl (C=O) groups excluding carboxylic acids is 7. The normalized spacial score (nSPS) is 26.6. The van der Waals surface area contributed by atoms with Crippen LogP contribution in [-0.2, 0) is 33.5 Å². The van der Waals surface area contributed by atoms with Crippen LogP contribution in [0.2, 0.25) is 0 Å². The summed E-state index contributed by atoms with van der Waals surface area (Å²) in [6.45, 7) is 6.40. The summed E-state index contributed by atoms with van der Waals surface area (Å²) in [5, 5.41) is 111. The lowest BCUT2D eigenvalue weighted by atomic mass is 9.96. The van der Waals surface area contributed by atoms with Gasteiger partial charge in [-0.15, -0.1) is 0 Å². The molecule has 0 aromatic heterocycles. The largest absolute Gasteiger partial charge is 0.508 e. The van der Waals surface area contributed by atoms with Crippen molar-refractivity contribution < 1.29 is 89.0 Å². The Kier molecular flexibility index (Phi) is 22.7. The molecule has 7 amide bonds. The van der Waals surface area contributed by atoms with Gasteiger partial charge in [0.2, 0.25) is 35.4 Å². The molecule has 86 heavy (non-hydrogen) atoms. The van der Waals surface area contributed by atoms with Crippen molar-refractivity contribution in [3.05, 3.63) is 119 Å². The maximum absolute atomic E-state index is 14.5. The first-order valence-electron chi connectivity index (χ1n) is 28.4. The van der Waals surface area contributed by atoms with Gasteiger partial charge in [0.25, 0.3) is 5.91 Å². The number of unbranched alkanes of at least 4 members (excludes halogenated alkanes) is 1. The number of nitrogens with one attached hydrogen (secondary N) is 5. The Morgan fingerprint density at radius 3 is 1.80 bits per heavy atom. The van der Waals surface area contributed by atoms with E-state index in [0.29, 0.717) is 31.1 Å². The average molecular weight is 1190 g/mol. The van der Waals surface area contributed by atoms with E-state index in [9.17, 15) is 79.5 Å². The second kappa shape index (κ2) is 29.9. The highest BCUT2D eigenvalue weighted by Crippen LogP contribution is 2.28. The van der Waals surface area contributed by atoms with E-state index in [2.05, 4.69) is 45.3 Å². The van der Waals surface area contributed by atoms with E-state index in [0.717, 1.165) is 65.3 Å². The number of amides is 7. The summed E-state index contributed by atoms with van der Waals surface area (Å²) in [6, 6.07) is 13.8. The monoisotopic (exact) mass is 1190 g/mol. The molecule has 462 valence electrons. The van der Waals surface area contributed by atoms with Gasteiger partial charge in [-0.2, -0.15) is 0 Å². The van der Waals surface area contributed by atoms with Gasteiger partial charge >= 0.3 is 0 Å². The number of aliphatic hydroxyl groups is 8. The second-order valence-electron chi connectivity index (χ2n) is 21.8. The van der Waals surface area contributed by atoms with Crippen LogP contribution in [0.1, 0.15) is 86.5 Å². The number of phenolic OH excluding ortho intramolecular Hbond substituents is 1. The second-order valence-corrected chi connectivity index (χ2v) is 21.8. The van der Waals surface area contributed by atoms with Crippen LogP contribution in [0.5, 0.6) is 11.5 Å². The van der Waals surface area contributed by atoms with Crippen LogP contribution >= 0.6 is 0 Å². The molecule has 0 radical (unpaired) electrons. The topological polar surface area (TPSA) is 387 Å². The Morgan fingerprint density at radius 2 is 1.21 bits per heavy atom. The molecule has 3 heterocycles. The molecule has 0 bridgehead atoms. The van der Waals surface area contributed by atoms with Crippen molar-refractivity contribution >= 4 is 41.4 Å². The molecule has 25 heteroatoms. The van der Waals surface area contributed by atoms with E-state index < -0.39 is 152 Å². The van der Waals surface area contributed by atoms with Crippen molar-refractivity contribution in [3.63, 3.8) is 0 Å². The minimum atomic E-state index is -2.30. The van der Waals surface area contributed by atoms with Gasteiger partial charge in [-0.1, -0.05) is 68.5 Å². The fraction of sp³-hybridized carbons (Fsp3) is 0.459. The molecule has 0 spiro atoms. The fourth-order valence-corrected chi connectivity index (χ4v) is 10.2. The molecule has 3 fully saturated rings. The molecule has 4 aromatic carbocycles. The van der Waals surface area contributed by atoms with Gasteiger partial charge in [0, 0.05) is 55.1 Å². The SMILES string of the molecule is CCCCOCCOc1ccc(C#Cc2ccc(-c3ccc(C(=O)N[C@H]4C[C@@H](O)[C@H](O)NC(=O)[C@@H]5[C@@H](O)[C@@H](C)CN5C(=O)[C@H]([C@@H](C)O)NC(=O)[C@H]([C@H](O)[C@@H](O)c5ccc(O)cc5)NC(=O)[C@@H]5C[C@@H](O)CN5C(=O)[C@H]([C@@H](C)O)NC4=O)cc3)cc2)cc1. The van der Waals surface area contributed by atoms with Gasteiger partial charge in [0.1, 0.15) is 72.7 Å². The maximum Gasteiger partial charge on any atom is 0.251 e. The van der Waals surface area contributed by atoms with Gasteiger partial charge < -0.3 is 91.8 Å². The minimum Gasteiger partial charge on any atom is -0.508 e. The lowest BCUT2D eigenvalue weighted by molar-refractivity contribution is -0.148. The Morgan fingerprint density at radius 1 is 0.651 bits per heavy atom. The van der Waals surface area contributed by atoms with Gasteiger partial charge in [-0.05, 0) is 97.6 Å². The third kappa shape index (κ3) is 16.5. The zero-order valence-corrected chi connectivity index (χ0v) is 47.9. The third-order valence-corrected chi connectivity index (χ3v) is 15.2. The van der Waals surface area contributed by atoms with E-state index in [4.69, 9.17) is 9.47 Å². The number of benzene rings is 4. The summed E-state index contributed by atoms with van der Waals surface area (Å²) in [4.78, 5) is 102. The summed E-state index contributed by atoms with van der Waals surface area (Å²) < 4.78 is 11.3. The van der Waals surface area contributed by atoms with E-state index in [-0.39, 0.29) is 23.4 Å². The molecule has 0 aliphatic carbocycles. The van der Waals surface area contributed by atoms with Crippen LogP contribution in [0.15, 0.2) is 97.1 Å². The van der Waals surface area contributed by atoms with Crippen molar-refractivity contribution in [1.29, 1.82) is 0 Å². The molecule has 25 nitrogen and oxygen atoms in total. The highest BCUT2D eigenvalue weighted by Gasteiger charge is 2.50. The summed E-state index contributed by atoms with van der Waals surface area (Å²) >= 11 is 0. The van der Waals surface area contributed by atoms with Crippen LogP contribution < -0.4 is 31.3 Å². The Labute approximate surface area is 496 Å². The maximum atomic E-state index is 14.5. The van der Waals surface area contributed by atoms with Crippen molar-refractivity contribution in [2.75, 3.05) is 32.9 Å². The molecule has 14 N–H and O–H groups in total. The number of nitrogens with zero attached hydrogens (tertiary/aromatic N) is 2. The zero-order chi connectivity index (χ0) is 62.5. The first-order valence-corrected chi connectivity index (χ1v) is 28.4. The fourth-order valence-electron chi connectivity index (χ4n) is 10.2. The first kappa shape index (κ1) is 65.5. The van der Waals surface area contributed by atoms with Gasteiger partial charge in [-0.25, -0.2) is 0 Å². The van der Waals surface area contributed by atoms with Crippen LogP contribution in [0.3, 0.4) is 0 Å². The molecule has 3 aliphatic heterocycles. The van der Waals surface area contributed by atoms with Crippen molar-refractivity contribution in [3.8, 4) is 34.5 Å². The van der Waals surface area contributed by atoms with E-state index in [1.165, 1.54) is 31.2 Å².